The van der Waals surface area contributed by atoms with E-state index >= 15 is 0 Å². The number of nitrogens with zero attached hydrogens (tertiary/aromatic N) is 1. The van der Waals surface area contributed by atoms with Crippen LogP contribution in [0.15, 0.2) is 47.5 Å². The summed E-state index contributed by atoms with van der Waals surface area (Å²) < 4.78 is 11.2. The van der Waals surface area contributed by atoms with Gasteiger partial charge in [-0.15, -0.1) is 24.0 Å². The Labute approximate surface area is 190 Å². The molecule has 0 unspecified atom stereocenters. The molecule has 0 atom stereocenters. The molecule has 3 N–H and O–H groups in total. The van der Waals surface area contributed by atoms with Crippen LogP contribution in [0.2, 0.25) is 0 Å². The van der Waals surface area contributed by atoms with Crippen LogP contribution in [0, 0.1) is 0 Å². The second kappa shape index (κ2) is 12.2. The smallest absolute Gasteiger partial charge is 0.191 e. The number of rotatable bonds is 8. The fourth-order valence-electron chi connectivity index (χ4n) is 3.20. The molecule has 2 aromatic carbocycles. The topological polar surface area (TPSA) is 75.1 Å². The quantitative estimate of drug-likeness (QED) is 0.219. The Morgan fingerprint density at radius 1 is 1.14 bits per heavy atom. The summed E-state index contributed by atoms with van der Waals surface area (Å²) in [5.41, 5.74) is -0.750. The number of benzene rings is 2. The molecule has 1 fully saturated rings. The molecule has 1 heterocycles. The summed E-state index contributed by atoms with van der Waals surface area (Å²) in [5.74, 6) is 1.62. The Morgan fingerprint density at radius 2 is 1.90 bits per heavy atom. The minimum absolute atomic E-state index is 0. The van der Waals surface area contributed by atoms with E-state index < -0.39 is 5.60 Å². The first-order valence-electron chi connectivity index (χ1n) is 10.1. The Balaban J connectivity index is 0.00000300. The summed E-state index contributed by atoms with van der Waals surface area (Å²) in [7, 11) is 0. The number of ether oxygens (including phenoxy) is 2. The van der Waals surface area contributed by atoms with Gasteiger partial charge in [-0.1, -0.05) is 30.3 Å². The first-order chi connectivity index (χ1) is 13.7. The van der Waals surface area contributed by atoms with E-state index in [4.69, 9.17) is 9.47 Å². The molecule has 0 aromatic heterocycles. The van der Waals surface area contributed by atoms with Gasteiger partial charge in [-0.3, -0.25) is 4.99 Å². The van der Waals surface area contributed by atoms with E-state index in [0.29, 0.717) is 39.2 Å². The summed E-state index contributed by atoms with van der Waals surface area (Å²) in [6, 6.07) is 14.4. The second-order valence-corrected chi connectivity index (χ2v) is 7.17. The molecule has 1 aliphatic heterocycles. The highest BCUT2D eigenvalue weighted by atomic mass is 127. The fraction of sp³-hybridized carbons (Fsp3) is 0.500. The maximum atomic E-state index is 10.5. The molecule has 0 aliphatic carbocycles. The van der Waals surface area contributed by atoms with Gasteiger partial charge in [0.2, 0.25) is 0 Å². The number of hydrogen-bond acceptors (Lipinski definition) is 4. The molecule has 0 bridgehead atoms. The van der Waals surface area contributed by atoms with Gasteiger partial charge in [0.25, 0.3) is 0 Å². The van der Waals surface area contributed by atoms with Gasteiger partial charge in [0.15, 0.2) is 5.96 Å². The van der Waals surface area contributed by atoms with Crippen molar-refractivity contribution in [2.75, 3.05) is 39.5 Å². The molecule has 2 aromatic rings. The van der Waals surface area contributed by atoms with Gasteiger partial charge in [0.05, 0.1) is 18.8 Å². The number of nitrogens with one attached hydrogen (secondary N) is 2. The maximum absolute atomic E-state index is 10.5. The van der Waals surface area contributed by atoms with Crippen molar-refractivity contribution in [1.29, 1.82) is 0 Å². The zero-order valence-electron chi connectivity index (χ0n) is 17.0. The summed E-state index contributed by atoms with van der Waals surface area (Å²) in [5, 5.41) is 19.5. The van der Waals surface area contributed by atoms with E-state index in [1.54, 1.807) is 0 Å². The Bertz CT molecular complexity index is 779. The fourth-order valence-corrected chi connectivity index (χ4v) is 3.20. The number of guanidine groups is 1. The van der Waals surface area contributed by atoms with Crippen molar-refractivity contribution >= 4 is 40.7 Å². The van der Waals surface area contributed by atoms with Crippen molar-refractivity contribution in [3.05, 3.63) is 42.5 Å². The van der Waals surface area contributed by atoms with Crippen LogP contribution in [-0.4, -0.2) is 56.1 Å². The minimum Gasteiger partial charge on any atom is -0.494 e. The molecule has 160 valence electrons. The van der Waals surface area contributed by atoms with Gasteiger partial charge in [-0.25, -0.2) is 0 Å². The molecule has 0 amide bonds. The van der Waals surface area contributed by atoms with Crippen molar-refractivity contribution < 1.29 is 14.6 Å². The molecule has 3 rings (SSSR count). The van der Waals surface area contributed by atoms with Gasteiger partial charge in [-0.05, 0) is 36.2 Å². The maximum Gasteiger partial charge on any atom is 0.191 e. The first kappa shape index (κ1) is 23.7. The lowest BCUT2D eigenvalue weighted by molar-refractivity contribution is -0.0565. The van der Waals surface area contributed by atoms with Crippen LogP contribution in [0.5, 0.6) is 5.75 Å². The average Bonchev–Trinajstić information content (AvgIpc) is 2.72. The van der Waals surface area contributed by atoms with Crippen LogP contribution in [0.4, 0.5) is 0 Å². The zero-order valence-corrected chi connectivity index (χ0v) is 19.4. The molecule has 7 heteroatoms. The number of aliphatic hydroxyl groups is 1. The standard InChI is InChI=1S/C22H31N3O3.HI/c1-2-23-21(25-17-22(26)10-14-27-15-11-22)24-12-5-13-28-20-9-8-18-6-3-4-7-19(18)16-20;/h3-4,6-9,16,26H,2,5,10-15,17H2,1H3,(H2,23,24,25);1H. The summed E-state index contributed by atoms with van der Waals surface area (Å²) in [4.78, 5) is 4.55. The predicted octanol–water partition coefficient (Wildman–Crippen LogP) is 3.32. The van der Waals surface area contributed by atoms with E-state index in [1.165, 1.54) is 10.8 Å². The first-order valence-corrected chi connectivity index (χ1v) is 10.1. The third kappa shape index (κ3) is 7.64. The average molecular weight is 513 g/mol. The molecule has 0 spiro atoms. The normalized spacial score (nSPS) is 16.1. The lowest BCUT2D eigenvalue weighted by atomic mass is 9.95. The van der Waals surface area contributed by atoms with Gasteiger partial charge in [-0.2, -0.15) is 0 Å². The van der Waals surface area contributed by atoms with Crippen LogP contribution in [0.1, 0.15) is 26.2 Å². The van der Waals surface area contributed by atoms with E-state index in [-0.39, 0.29) is 24.0 Å². The molecule has 0 radical (unpaired) electrons. The highest BCUT2D eigenvalue weighted by Gasteiger charge is 2.29. The third-order valence-corrected chi connectivity index (χ3v) is 4.90. The minimum atomic E-state index is -0.750. The summed E-state index contributed by atoms with van der Waals surface area (Å²) in [6.45, 7) is 5.78. The van der Waals surface area contributed by atoms with Crippen LogP contribution >= 0.6 is 24.0 Å². The van der Waals surface area contributed by atoms with Gasteiger partial charge >= 0.3 is 0 Å². The van der Waals surface area contributed by atoms with Crippen molar-refractivity contribution in [2.24, 2.45) is 4.99 Å². The van der Waals surface area contributed by atoms with Gasteiger partial charge < -0.3 is 25.2 Å². The molecule has 1 saturated heterocycles. The Kier molecular flexibility index (Phi) is 9.96. The summed E-state index contributed by atoms with van der Waals surface area (Å²) >= 11 is 0. The van der Waals surface area contributed by atoms with Crippen molar-refractivity contribution in [3.8, 4) is 5.75 Å². The lowest BCUT2D eigenvalue weighted by Crippen LogP contribution is -2.42. The number of aliphatic imine (C=N–C) groups is 1. The monoisotopic (exact) mass is 513 g/mol. The van der Waals surface area contributed by atoms with E-state index in [2.05, 4.69) is 39.9 Å². The van der Waals surface area contributed by atoms with Crippen molar-refractivity contribution in [2.45, 2.75) is 31.8 Å². The van der Waals surface area contributed by atoms with Crippen LogP contribution in [0.25, 0.3) is 10.8 Å². The zero-order chi connectivity index (χ0) is 19.7. The Hall–Kier alpha value is -1.58. The van der Waals surface area contributed by atoms with Crippen LogP contribution in [-0.2, 0) is 4.74 Å². The summed E-state index contributed by atoms with van der Waals surface area (Å²) in [6.07, 6.45) is 2.13. The Morgan fingerprint density at radius 3 is 2.66 bits per heavy atom. The van der Waals surface area contributed by atoms with E-state index in [0.717, 1.165) is 31.2 Å². The third-order valence-electron chi connectivity index (χ3n) is 4.90. The SMILES string of the molecule is CCNC(=NCC1(O)CCOCC1)NCCCOc1ccc2ccccc2c1.I. The molecule has 1 aliphatic rings. The molecule has 29 heavy (non-hydrogen) atoms. The van der Waals surface area contributed by atoms with Crippen molar-refractivity contribution in [1.82, 2.24) is 10.6 Å². The molecule has 6 nitrogen and oxygen atoms in total. The molecular formula is C22H32IN3O3. The molecule has 0 saturated carbocycles. The van der Waals surface area contributed by atoms with Crippen molar-refractivity contribution in [3.63, 3.8) is 0 Å². The second-order valence-electron chi connectivity index (χ2n) is 7.17. The largest absolute Gasteiger partial charge is 0.494 e. The number of fused-ring (bicyclic) bond motifs is 1. The number of hydrogen-bond donors (Lipinski definition) is 3. The predicted molar refractivity (Wildman–Crippen MR) is 128 cm³/mol. The van der Waals surface area contributed by atoms with E-state index in [1.807, 2.05) is 25.1 Å². The van der Waals surface area contributed by atoms with Gasteiger partial charge in [0, 0.05) is 39.1 Å². The molecular weight excluding hydrogens is 481 g/mol. The van der Waals surface area contributed by atoms with E-state index in [9.17, 15) is 5.11 Å². The number of halogens is 1. The highest BCUT2D eigenvalue weighted by Crippen LogP contribution is 2.21. The lowest BCUT2D eigenvalue weighted by Gasteiger charge is -2.30. The van der Waals surface area contributed by atoms with Gasteiger partial charge in [0.1, 0.15) is 5.75 Å². The van der Waals surface area contributed by atoms with Crippen LogP contribution in [0.3, 0.4) is 0 Å². The highest BCUT2D eigenvalue weighted by molar-refractivity contribution is 14.0. The van der Waals surface area contributed by atoms with Crippen LogP contribution < -0.4 is 15.4 Å².